The normalized spacial score (nSPS) is 10.8. The minimum atomic E-state index is -0.725. The average molecular weight is 341 g/mol. The van der Waals surface area contributed by atoms with Crippen molar-refractivity contribution in [1.82, 2.24) is 0 Å². The van der Waals surface area contributed by atoms with Gasteiger partial charge in [-0.25, -0.2) is 9.59 Å². The molecule has 2 aromatic rings. The lowest BCUT2D eigenvalue weighted by Gasteiger charge is -2.06. The average Bonchev–Trinajstić information content (AvgIpc) is 2.56. The third kappa shape index (κ3) is 4.45. The van der Waals surface area contributed by atoms with Crippen molar-refractivity contribution in [3.63, 3.8) is 0 Å². The number of nitriles is 1. The van der Waals surface area contributed by atoms with Crippen molar-refractivity contribution >= 4 is 34.2 Å². The number of benzene rings is 1. The zero-order chi connectivity index (χ0) is 18.4. The monoisotopic (exact) mass is 341 g/mol. The van der Waals surface area contributed by atoms with Gasteiger partial charge in [0.15, 0.2) is 5.57 Å². The van der Waals surface area contributed by atoms with Crippen LogP contribution >= 0.6 is 0 Å². The number of anilines is 2. The smallest absolute Gasteiger partial charge is 0.360 e. The van der Waals surface area contributed by atoms with Gasteiger partial charge < -0.3 is 19.8 Å². The molecule has 2 N–H and O–H groups in total. The molecule has 128 valence electrons. The van der Waals surface area contributed by atoms with E-state index in [9.17, 15) is 14.4 Å². The SMILES string of the molecule is CCOC(=O)/C(C#N)=C/Nc1ccc2oc(=O)c(NC(C)=O)cc2c1. The van der Waals surface area contributed by atoms with Crippen LogP contribution in [0.5, 0.6) is 0 Å². The van der Waals surface area contributed by atoms with Crippen LogP contribution in [0, 0.1) is 11.3 Å². The van der Waals surface area contributed by atoms with Crippen LogP contribution in [0.2, 0.25) is 0 Å². The fraction of sp³-hybridized carbons (Fsp3) is 0.176. The second kappa shape index (κ2) is 7.79. The fourth-order valence-electron chi connectivity index (χ4n) is 1.99. The summed E-state index contributed by atoms with van der Waals surface area (Å²) in [6, 6.07) is 8.04. The van der Waals surface area contributed by atoms with Gasteiger partial charge in [0, 0.05) is 24.2 Å². The largest absolute Gasteiger partial charge is 0.462 e. The van der Waals surface area contributed by atoms with Gasteiger partial charge in [-0.2, -0.15) is 5.26 Å². The van der Waals surface area contributed by atoms with Crippen molar-refractivity contribution in [2.75, 3.05) is 17.2 Å². The number of nitrogens with zero attached hydrogens (tertiary/aromatic N) is 1. The lowest BCUT2D eigenvalue weighted by Crippen LogP contribution is -2.14. The number of ether oxygens (including phenoxy) is 1. The van der Waals surface area contributed by atoms with Crippen LogP contribution in [0.4, 0.5) is 11.4 Å². The summed E-state index contributed by atoms with van der Waals surface area (Å²) in [6.45, 7) is 3.09. The van der Waals surface area contributed by atoms with Gasteiger partial charge in [-0.05, 0) is 31.2 Å². The maximum Gasteiger partial charge on any atom is 0.360 e. The maximum absolute atomic E-state index is 11.8. The zero-order valence-corrected chi connectivity index (χ0v) is 13.6. The molecule has 0 atom stereocenters. The third-order valence-electron chi connectivity index (χ3n) is 3.04. The van der Waals surface area contributed by atoms with E-state index in [-0.39, 0.29) is 17.9 Å². The number of carbonyl (C=O) groups is 2. The minimum Gasteiger partial charge on any atom is -0.462 e. The van der Waals surface area contributed by atoms with E-state index in [0.29, 0.717) is 16.7 Å². The molecule has 1 aromatic carbocycles. The van der Waals surface area contributed by atoms with Crippen molar-refractivity contribution in [3.8, 4) is 6.07 Å². The molecule has 2 rings (SSSR count). The second-order valence-corrected chi connectivity index (χ2v) is 4.92. The highest BCUT2D eigenvalue weighted by Crippen LogP contribution is 2.20. The summed E-state index contributed by atoms with van der Waals surface area (Å²) in [4.78, 5) is 34.4. The van der Waals surface area contributed by atoms with Crippen LogP contribution in [0.1, 0.15) is 13.8 Å². The molecular formula is C17H15N3O5. The molecule has 8 heteroatoms. The van der Waals surface area contributed by atoms with Crippen LogP contribution < -0.4 is 16.3 Å². The quantitative estimate of drug-likeness (QED) is 0.370. The first-order valence-corrected chi connectivity index (χ1v) is 7.34. The van der Waals surface area contributed by atoms with E-state index < -0.39 is 17.5 Å². The lowest BCUT2D eigenvalue weighted by atomic mass is 10.2. The van der Waals surface area contributed by atoms with Crippen LogP contribution in [0.15, 0.2) is 45.3 Å². The van der Waals surface area contributed by atoms with E-state index in [2.05, 4.69) is 10.6 Å². The van der Waals surface area contributed by atoms with E-state index in [4.69, 9.17) is 14.4 Å². The molecule has 0 spiro atoms. The molecular weight excluding hydrogens is 326 g/mol. The first-order chi connectivity index (χ1) is 11.9. The Bertz CT molecular complexity index is 953. The summed E-state index contributed by atoms with van der Waals surface area (Å²) in [5.41, 5.74) is 0.0708. The topological polar surface area (TPSA) is 121 Å². The molecule has 0 saturated heterocycles. The molecule has 0 fully saturated rings. The third-order valence-corrected chi connectivity index (χ3v) is 3.04. The number of rotatable bonds is 5. The molecule has 0 bridgehead atoms. The second-order valence-electron chi connectivity index (χ2n) is 4.92. The van der Waals surface area contributed by atoms with Gasteiger partial charge in [0.05, 0.1) is 6.61 Å². The molecule has 0 aliphatic heterocycles. The summed E-state index contributed by atoms with van der Waals surface area (Å²) < 4.78 is 9.89. The Balaban J connectivity index is 2.32. The van der Waals surface area contributed by atoms with E-state index in [0.717, 1.165) is 0 Å². The summed E-state index contributed by atoms with van der Waals surface area (Å²) in [6.07, 6.45) is 1.23. The Morgan fingerprint density at radius 1 is 1.36 bits per heavy atom. The molecule has 0 aliphatic rings. The summed E-state index contributed by atoms with van der Waals surface area (Å²) in [5.74, 6) is -1.12. The summed E-state index contributed by atoms with van der Waals surface area (Å²) in [5, 5.41) is 14.7. The number of fused-ring (bicyclic) bond motifs is 1. The highest BCUT2D eigenvalue weighted by Gasteiger charge is 2.10. The molecule has 1 heterocycles. The molecule has 1 amide bonds. The van der Waals surface area contributed by atoms with E-state index in [1.54, 1.807) is 31.2 Å². The highest BCUT2D eigenvalue weighted by molar-refractivity contribution is 5.93. The van der Waals surface area contributed by atoms with Crippen molar-refractivity contribution in [2.24, 2.45) is 0 Å². The van der Waals surface area contributed by atoms with Crippen LogP contribution in [0.25, 0.3) is 11.0 Å². The predicted molar refractivity (Wildman–Crippen MR) is 90.7 cm³/mol. The van der Waals surface area contributed by atoms with Crippen molar-refractivity contribution in [3.05, 3.63) is 46.5 Å². The van der Waals surface area contributed by atoms with Gasteiger partial charge in [-0.15, -0.1) is 0 Å². The standard InChI is InChI=1S/C17H15N3O5/c1-3-24-16(22)12(8-18)9-19-13-4-5-15-11(6-13)7-14(17(23)25-15)20-10(2)21/h4-7,9,19H,3H2,1-2H3,(H,20,21)/b12-9+. The lowest BCUT2D eigenvalue weighted by molar-refractivity contribution is -0.138. The Labute approximate surface area is 142 Å². The molecule has 0 saturated carbocycles. The van der Waals surface area contributed by atoms with E-state index >= 15 is 0 Å². The Morgan fingerprint density at radius 3 is 2.76 bits per heavy atom. The number of nitrogens with one attached hydrogen (secondary N) is 2. The molecule has 25 heavy (non-hydrogen) atoms. The zero-order valence-electron chi connectivity index (χ0n) is 13.6. The van der Waals surface area contributed by atoms with Crippen molar-refractivity contribution in [2.45, 2.75) is 13.8 Å². The van der Waals surface area contributed by atoms with Gasteiger partial charge in [0.1, 0.15) is 17.3 Å². The number of carbonyl (C=O) groups excluding carboxylic acids is 2. The van der Waals surface area contributed by atoms with E-state index in [1.807, 2.05) is 0 Å². The first kappa shape index (κ1) is 17.7. The van der Waals surface area contributed by atoms with Gasteiger partial charge in [0.25, 0.3) is 0 Å². The highest BCUT2D eigenvalue weighted by atomic mass is 16.5. The number of hydrogen-bond acceptors (Lipinski definition) is 7. The van der Waals surface area contributed by atoms with Gasteiger partial charge >= 0.3 is 11.6 Å². The van der Waals surface area contributed by atoms with Crippen molar-refractivity contribution in [1.29, 1.82) is 5.26 Å². The fourth-order valence-corrected chi connectivity index (χ4v) is 1.99. The number of amides is 1. The molecule has 0 unspecified atom stereocenters. The van der Waals surface area contributed by atoms with Gasteiger partial charge in [-0.3, -0.25) is 4.79 Å². The molecule has 0 radical (unpaired) electrons. The maximum atomic E-state index is 11.8. The van der Waals surface area contributed by atoms with Crippen molar-refractivity contribution < 1.29 is 18.7 Å². The molecule has 8 nitrogen and oxygen atoms in total. The van der Waals surface area contributed by atoms with Crippen LogP contribution in [-0.2, 0) is 14.3 Å². The van der Waals surface area contributed by atoms with Crippen LogP contribution in [0.3, 0.4) is 0 Å². The molecule has 0 aliphatic carbocycles. The number of esters is 1. The van der Waals surface area contributed by atoms with Crippen LogP contribution in [-0.4, -0.2) is 18.5 Å². The summed E-state index contributed by atoms with van der Waals surface area (Å²) in [7, 11) is 0. The Morgan fingerprint density at radius 2 is 2.12 bits per heavy atom. The van der Waals surface area contributed by atoms with E-state index in [1.165, 1.54) is 19.2 Å². The predicted octanol–water partition coefficient (Wildman–Crippen LogP) is 2.13. The van der Waals surface area contributed by atoms with Gasteiger partial charge in [-0.1, -0.05) is 0 Å². The van der Waals surface area contributed by atoms with Gasteiger partial charge in [0.2, 0.25) is 5.91 Å². The Kier molecular flexibility index (Phi) is 5.53. The number of hydrogen-bond donors (Lipinski definition) is 2. The Hall–Kier alpha value is -3.60. The molecule has 1 aromatic heterocycles. The summed E-state index contributed by atoms with van der Waals surface area (Å²) >= 11 is 0. The first-order valence-electron chi connectivity index (χ1n) is 7.34. The minimum absolute atomic E-state index is 0.0249.